The molecule has 0 aliphatic carbocycles. The monoisotopic (exact) mass is 222 g/mol. The van der Waals surface area contributed by atoms with Crippen LogP contribution < -0.4 is 10.6 Å². The van der Waals surface area contributed by atoms with Crippen LogP contribution in [0.5, 0.6) is 0 Å². The number of aryl methyl sites for hydroxylation is 1. The van der Waals surface area contributed by atoms with Crippen molar-refractivity contribution in [2.24, 2.45) is 7.05 Å². The number of hydrogen-bond acceptors (Lipinski definition) is 3. The van der Waals surface area contributed by atoms with Crippen LogP contribution in [0.4, 0.5) is 0 Å². The van der Waals surface area contributed by atoms with Gasteiger partial charge in [-0.3, -0.25) is 9.48 Å². The summed E-state index contributed by atoms with van der Waals surface area (Å²) in [6, 6.07) is 0. The molecule has 0 atom stereocenters. The molecule has 1 aromatic rings. The first-order chi connectivity index (χ1) is 7.65. The van der Waals surface area contributed by atoms with Crippen LogP contribution in [-0.4, -0.2) is 28.8 Å². The van der Waals surface area contributed by atoms with Gasteiger partial charge in [0.15, 0.2) is 0 Å². The van der Waals surface area contributed by atoms with E-state index in [9.17, 15) is 4.79 Å². The predicted octanol–water partition coefficient (Wildman–Crippen LogP) is 0.120. The van der Waals surface area contributed by atoms with Gasteiger partial charge in [-0.25, -0.2) is 0 Å². The van der Waals surface area contributed by atoms with Crippen molar-refractivity contribution in [3.05, 3.63) is 30.1 Å². The number of nitrogens with one attached hydrogen (secondary N) is 2. The van der Waals surface area contributed by atoms with E-state index >= 15 is 0 Å². The molecule has 0 unspecified atom stereocenters. The Labute approximate surface area is 95.5 Å². The topological polar surface area (TPSA) is 59.0 Å². The van der Waals surface area contributed by atoms with E-state index in [4.69, 9.17) is 0 Å². The van der Waals surface area contributed by atoms with Gasteiger partial charge in [-0.2, -0.15) is 5.10 Å². The van der Waals surface area contributed by atoms with E-state index in [1.54, 1.807) is 17.0 Å². The van der Waals surface area contributed by atoms with Crippen molar-refractivity contribution in [3.63, 3.8) is 0 Å². The van der Waals surface area contributed by atoms with Crippen LogP contribution >= 0.6 is 0 Å². The van der Waals surface area contributed by atoms with Crippen molar-refractivity contribution < 1.29 is 4.79 Å². The highest BCUT2D eigenvalue weighted by molar-refractivity contribution is 5.77. The summed E-state index contributed by atoms with van der Waals surface area (Å²) in [7, 11) is 1.88. The average molecular weight is 222 g/mol. The summed E-state index contributed by atoms with van der Waals surface area (Å²) < 4.78 is 1.79. The SMILES string of the molecule is C=CCNCC(=O)NCc1cnn(C)c1C. The molecule has 1 amide bonds. The fourth-order valence-electron chi connectivity index (χ4n) is 1.26. The minimum absolute atomic E-state index is 0.0231. The molecular formula is C11H18N4O. The first-order valence-electron chi connectivity index (χ1n) is 5.21. The molecule has 0 aromatic carbocycles. The van der Waals surface area contributed by atoms with E-state index < -0.39 is 0 Å². The molecule has 1 heterocycles. The number of amides is 1. The van der Waals surface area contributed by atoms with Gasteiger partial charge in [0.05, 0.1) is 12.7 Å². The van der Waals surface area contributed by atoms with E-state index in [-0.39, 0.29) is 5.91 Å². The maximum absolute atomic E-state index is 11.4. The second kappa shape index (κ2) is 6.07. The number of carbonyl (C=O) groups excluding carboxylic acids is 1. The fourth-order valence-corrected chi connectivity index (χ4v) is 1.26. The molecule has 5 nitrogen and oxygen atoms in total. The van der Waals surface area contributed by atoms with E-state index in [1.165, 1.54) is 0 Å². The average Bonchev–Trinajstić information content (AvgIpc) is 2.58. The second-order valence-corrected chi connectivity index (χ2v) is 3.58. The standard InChI is InChI=1S/C11H18N4O/c1-4-5-12-8-11(16)13-6-10-7-14-15(3)9(10)2/h4,7,12H,1,5-6,8H2,2-3H3,(H,13,16). The van der Waals surface area contributed by atoms with Crippen LogP contribution in [-0.2, 0) is 18.4 Å². The van der Waals surface area contributed by atoms with Gasteiger partial charge in [0, 0.05) is 31.4 Å². The molecule has 0 saturated heterocycles. The Morgan fingerprint density at radius 2 is 2.44 bits per heavy atom. The van der Waals surface area contributed by atoms with Crippen molar-refractivity contribution in [3.8, 4) is 0 Å². The molecular weight excluding hydrogens is 204 g/mol. The summed E-state index contributed by atoms with van der Waals surface area (Å²) >= 11 is 0. The van der Waals surface area contributed by atoms with Gasteiger partial charge in [-0.05, 0) is 6.92 Å². The number of carbonyl (C=O) groups is 1. The summed E-state index contributed by atoms with van der Waals surface area (Å²) in [5, 5.41) is 9.87. The van der Waals surface area contributed by atoms with Crippen LogP contribution in [0.2, 0.25) is 0 Å². The molecule has 88 valence electrons. The molecule has 2 N–H and O–H groups in total. The fraction of sp³-hybridized carbons (Fsp3) is 0.455. The molecule has 0 spiro atoms. The minimum atomic E-state index is -0.0231. The molecule has 0 radical (unpaired) electrons. The Balaban J connectivity index is 2.31. The second-order valence-electron chi connectivity index (χ2n) is 3.58. The Morgan fingerprint density at radius 3 is 3.00 bits per heavy atom. The number of aromatic nitrogens is 2. The molecule has 5 heteroatoms. The summed E-state index contributed by atoms with van der Waals surface area (Å²) in [5.41, 5.74) is 2.11. The maximum atomic E-state index is 11.4. The van der Waals surface area contributed by atoms with Crippen molar-refractivity contribution in [2.45, 2.75) is 13.5 Å². The highest BCUT2D eigenvalue weighted by Crippen LogP contribution is 2.04. The van der Waals surface area contributed by atoms with Crippen LogP contribution in [0.15, 0.2) is 18.9 Å². The van der Waals surface area contributed by atoms with Crippen LogP contribution in [0.25, 0.3) is 0 Å². The lowest BCUT2D eigenvalue weighted by Gasteiger charge is -2.05. The lowest BCUT2D eigenvalue weighted by molar-refractivity contribution is -0.120. The first-order valence-corrected chi connectivity index (χ1v) is 5.21. The quantitative estimate of drug-likeness (QED) is 0.531. The summed E-state index contributed by atoms with van der Waals surface area (Å²) in [6.07, 6.45) is 3.49. The smallest absolute Gasteiger partial charge is 0.234 e. The number of nitrogens with zero attached hydrogens (tertiary/aromatic N) is 2. The maximum Gasteiger partial charge on any atom is 0.234 e. The Hall–Kier alpha value is -1.62. The molecule has 0 bridgehead atoms. The third kappa shape index (κ3) is 3.51. The van der Waals surface area contributed by atoms with Gasteiger partial charge >= 0.3 is 0 Å². The number of hydrogen-bond donors (Lipinski definition) is 2. The Morgan fingerprint density at radius 1 is 1.69 bits per heavy atom. The van der Waals surface area contributed by atoms with Crippen LogP contribution in [0.3, 0.4) is 0 Å². The molecule has 1 aromatic heterocycles. The predicted molar refractivity (Wildman–Crippen MR) is 62.9 cm³/mol. The highest BCUT2D eigenvalue weighted by atomic mass is 16.1. The normalized spacial score (nSPS) is 10.1. The van der Waals surface area contributed by atoms with Gasteiger partial charge in [-0.15, -0.1) is 6.58 Å². The third-order valence-electron chi connectivity index (χ3n) is 2.39. The van der Waals surface area contributed by atoms with Gasteiger partial charge in [0.25, 0.3) is 0 Å². The lowest BCUT2D eigenvalue weighted by Crippen LogP contribution is -2.33. The first kappa shape index (κ1) is 12.4. The van der Waals surface area contributed by atoms with Crippen molar-refractivity contribution >= 4 is 5.91 Å². The molecule has 16 heavy (non-hydrogen) atoms. The molecule has 0 aliphatic heterocycles. The van der Waals surface area contributed by atoms with E-state index in [0.717, 1.165) is 11.3 Å². The van der Waals surface area contributed by atoms with E-state index in [2.05, 4.69) is 22.3 Å². The van der Waals surface area contributed by atoms with Gasteiger partial charge in [-0.1, -0.05) is 6.08 Å². The Kier molecular flexibility index (Phi) is 4.72. The zero-order chi connectivity index (χ0) is 12.0. The zero-order valence-corrected chi connectivity index (χ0v) is 9.79. The minimum Gasteiger partial charge on any atom is -0.351 e. The van der Waals surface area contributed by atoms with E-state index in [1.807, 2.05) is 14.0 Å². The third-order valence-corrected chi connectivity index (χ3v) is 2.39. The number of rotatable bonds is 6. The van der Waals surface area contributed by atoms with Crippen molar-refractivity contribution in [1.29, 1.82) is 0 Å². The summed E-state index contributed by atoms with van der Waals surface area (Å²) in [4.78, 5) is 11.4. The van der Waals surface area contributed by atoms with Gasteiger partial charge in [0.2, 0.25) is 5.91 Å². The molecule has 0 fully saturated rings. The van der Waals surface area contributed by atoms with Gasteiger partial charge in [0.1, 0.15) is 0 Å². The molecule has 1 rings (SSSR count). The van der Waals surface area contributed by atoms with Crippen molar-refractivity contribution in [2.75, 3.05) is 13.1 Å². The molecule has 0 saturated carbocycles. The van der Waals surface area contributed by atoms with E-state index in [0.29, 0.717) is 19.6 Å². The lowest BCUT2D eigenvalue weighted by atomic mass is 10.2. The Bertz CT molecular complexity index is 370. The zero-order valence-electron chi connectivity index (χ0n) is 9.79. The highest BCUT2D eigenvalue weighted by Gasteiger charge is 2.05. The van der Waals surface area contributed by atoms with Crippen molar-refractivity contribution in [1.82, 2.24) is 20.4 Å². The largest absolute Gasteiger partial charge is 0.351 e. The van der Waals surface area contributed by atoms with Crippen LogP contribution in [0.1, 0.15) is 11.3 Å². The molecule has 0 aliphatic rings. The van der Waals surface area contributed by atoms with Crippen LogP contribution in [0, 0.1) is 6.92 Å². The van der Waals surface area contributed by atoms with Gasteiger partial charge < -0.3 is 10.6 Å². The summed E-state index contributed by atoms with van der Waals surface area (Å²) in [5.74, 6) is -0.0231. The summed E-state index contributed by atoms with van der Waals surface area (Å²) in [6.45, 7) is 7.01.